The molecule has 0 N–H and O–H groups in total. The molecule has 0 radical (unpaired) electrons. The highest BCUT2D eigenvalue weighted by Crippen LogP contribution is 2.34. The van der Waals surface area contributed by atoms with Gasteiger partial charge in [0, 0.05) is 17.3 Å². The molecule has 0 saturated carbocycles. The van der Waals surface area contributed by atoms with Gasteiger partial charge < -0.3 is 0 Å². The Morgan fingerprint density at radius 3 is 1.71 bits per heavy atom. The molecule has 3 aromatic rings. The molecular formula is C28H36NOP. The first-order valence-corrected chi connectivity index (χ1v) is 12.2. The van der Waals surface area contributed by atoms with Gasteiger partial charge in [0.25, 0.3) is 0 Å². The zero-order valence-corrected chi connectivity index (χ0v) is 20.7. The number of anilines is 2. The van der Waals surface area contributed by atoms with Crippen molar-refractivity contribution in [2.24, 2.45) is 11.3 Å². The third-order valence-electron chi connectivity index (χ3n) is 5.17. The monoisotopic (exact) mass is 433 g/mol. The minimum atomic E-state index is -0.0102. The van der Waals surface area contributed by atoms with Crippen LogP contribution < -0.4 is 4.90 Å². The molecule has 0 aromatic heterocycles. The zero-order valence-electron chi connectivity index (χ0n) is 19.5. The Bertz CT molecular complexity index is 915. The molecule has 164 valence electrons. The molecule has 2 unspecified atom stereocenters. The van der Waals surface area contributed by atoms with E-state index < -0.39 is 0 Å². The van der Waals surface area contributed by atoms with Gasteiger partial charge in [-0.2, -0.15) is 0 Å². The molecule has 0 bridgehead atoms. The highest BCUT2D eigenvalue weighted by Gasteiger charge is 2.29. The van der Waals surface area contributed by atoms with Gasteiger partial charge in [-0.05, 0) is 53.6 Å². The predicted molar refractivity (Wildman–Crippen MR) is 139 cm³/mol. The molecule has 0 spiro atoms. The first kappa shape index (κ1) is 24.8. The number of rotatable bonds is 6. The Morgan fingerprint density at radius 1 is 0.774 bits per heavy atom. The molecule has 2 nitrogen and oxygen atoms in total. The molecule has 0 aliphatic carbocycles. The number of nitrogens with zero attached hydrogens (tertiary/aromatic N) is 1. The van der Waals surface area contributed by atoms with Gasteiger partial charge in [0.1, 0.15) is 0 Å². The van der Waals surface area contributed by atoms with E-state index in [1.165, 1.54) is 5.56 Å². The van der Waals surface area contributed by atoms with Gasteiger partial charge >= 0.3 is 0 Å². The van der Waals surface area contributed by atoms with Crippen LogP contribution in [-0.2, 0) is 4.79 Å². The van der Waals surface area contributed by atoms with Crippen LogP contribution in [-0.4, -0.2) is 12.6 Å². The van der Waals surface area contributed by atoms with Crippen LogP contribution >= 0.6 is 9.24 Å². The van der Waals surface area contributed by atoms with Crippen molar-refractivity contribution < 1.29 is 4.79 Å². The van der Waals surface area contributed by atoms with Crippen molar-refractivity contribution in [3.63, 3.8) is 0 Å². The van der Waals surface area contributed by atoms with Gasteiger partial charge in [-0.25, -0.2) is 0 Å². The zero-order chi connectivity index (χ0) is 22.9. The van der Waals surface area contributed by atoms with Gasteiger partial charge in [0.15, 0.2) is 0 Å². The summed E-state index contributed by atoms with van der Waals surface area (Å²) in [5.41, 5.74) is 4.26. The summed E-state index contributed by atoms with van der Waals surface area (Å²) in [6, 6.07) is 28.6. The van der Waals surface area contributed by atoms with Crippen LogP contribution in [0.1, 0.15) is 40.5 Å². The minimum Gasteiger partial charge on any atom is -0.281 e. The van der Waals surface area contributed by atoms with Crippen molar-refractivity contribution >= 4 is 26.5 Å². The second-order valence-corrected chi connectivity index (χ2v) is 8.79. The van der Waals surface area contributed by atoms with Crippen LogP contribution in [0.2, 0.25) is 0 Å². The summed E-state index contributed by atoms with van der Waals surface area (Å²) in [6.45, 7) is 10.6. The molecule has 3 aromatic carbocycles. The van der Waals surface area contributed by atoms with Gasteiger partial charge in [-0.1, -0.05) is 95.0 Å². The summed E-state index contributed by atoms with van der Waals surface area (Å²) in [4.78, 5) is 15.5. The van der Waals surface area contributed by atoms with Gasteiger partial charge in [-0.15, -0.1) is 9.24 Å². The van der Waals surface area contributed by atoms with E-state index in [1.807, 2.05) is 60.1 Å². The largest absolute Gasteiger partial charge is 0.281 e. The molecule has 0 saturated heterocycles. The van der Waals surface area contributed by atoms with Crippen LogP contribution in [0.3, 0.4) is 0 Å². The van der Waals surface area contributed by atoms with E-state index in [9.17, 15) is 4.79 Å². The van der Waals surface area contributed by atoms with Crippen LogP contribution in [0, 0.1) is 11.3 Å². The van der Waals surface area contributed by atoms with Crippen LogP contribution in [0.15, 0.2) is 84.9 Å². The fourth-order valence-corrected chi connectivity index (χ4v) is 3.74. The van der Waals surface area contributed by atoms with E-state index in [4.69, 9.17) is 0 Å². The predicted octanol–water partition coefficient (Wildman–Crippen LogP) is 7.97. The molecule has 2 atom stereocenters. The third-order valence-corrected chi connectivity index (χ3v) is 5.17. The van der Waals surface area contributed by atoms with Crippen molar-refractivity contribution in [3.8, 4) is 11.1 Å². The summed E-state index contributed by atoms with van der Waals surface area (Å²) in [5, 5.41) is 0. The van der Waals surface area contributed by atoms with Gasteiger partial charge in [0.05, 0.1) is 0 Å². The minimum absolute atomic E-state index is 0.0102. The molecule has 1 amide bonds. The number of hydrogen-bond acceptors (Lipinski definition) is 1. The maximum atomic E-state index is 13.6. The molecular weight excluding hydrogens is 397 g/mol. The standard InChI is InChI=1S/C27H31NO.CH5P/c1-5-21(20-27(2,3)4)26(29)28(24-14-10-7-11-15-24)25-18-16-23(17-19-25)22-12-8-6-9-13-22;1-2/h6-19,21H,5,20H2,1-4H3;2H2,1H3. The first-order chi connectivity index (χ1) is 14.9. The van der Waals surface area contributed by atoms with Crippen LogP contribution in [0.5, 0.6) is 0 Å². The lowest BCUT2D eigenvalue weighted by molar-refractivity contribution is -0.122. The molecule has 0 aliphatic heterocycles. The Kier molecular flexibility index (Phi) is 9.46. The molecule has 0 aliphatic rings. The highest BCUT2D eigenvalue weighted by atomic mass is 31.0. The number of carbonyl (C=O) groups is 1. The molecule has 0 fully saturated rings. The van der Waals surface area contributed by atoms with E-state index in [0.29, 0.717) is 0 Å². The van der Waals surface area contributed by atoms with Crippen molar-refractivity contribution in [1.82, 2.24) is 0 Å². The summed E-state index contributed by atoms with van der Waals surface area (Å²) < 4.78 is 0. The number of amides is 1. The van der Waals surface area contributed by atoms with E-state index in [1.54, 1.807) is 0 Å². The summed E-state index contributed by atoms with van der Waals surface area (Å²) in [5.74, 6) is 0.157. The van der Waals surface area contributed by atoms with Gasteiger partial charge in [-0.3, -0.25) is 9.69 Å². The van der Waals surface area contributed by atoms with E-state index in [0.717, 1.165) is 29.8 Å². The number of carbonyl (C=O) groups excluding carboxylic acids is 1. The maximum absolute atomic E-state index is 13.6. The Labute approximate surface area is 190 Å². The van der Waals surface area contributed by atoms with E-state index in [2.05, 4.69) is 73.3 Å². The molecule has 3 heteroatoms. The fraction of sp³-hybridized carbons (Fsp3) is 0.321. The SMILES string of the molecule is CCC(CC(C)(C)C)C(=O)N(c1ccccc1)c1ccc(-c2ccccc2)cc1.CP. The lowest BCUT2D eigenvalue weighted by Gasteiger charge is -2.31. The van der Waals surface area contributed by atoms with Gasteiger partial charge in [0.2, 0.25) is 5.91 Å². The van der Waals surface area contributed by atoms with Crippen molar-refractivity contribution in [1.29, 1.82) is 0 Å². The average molecular weight is 434 g/mol. The topological polar surface area (TPSA) is 20.3 Å². The smallest absolute Gasteiger partial charge is 0.234 e. The second kappa shape index (κ2) is 11.8. The molecule has 31 heavy (non-hydrogen) atoms. The number of benzene rings is 3. The second-order valence-electron chi connectivity index (χ2n) is 8.79. The number of para-hydroxylation sites is 1. The van der Waals surface area contributed by atoms with Crippen molar-refractivity contribution in [3.05, 3.63) is 84.9 Å². The Morgan fingerprint density at radius 2 is 1.23 bits per heavy atom. The quantitative estimate of drug-likeness (QED) is 0.361. The maximum Gasteiger partial charge on any atom is 0.234 e. The van der Waals surface area contributed by atoms with Crippen molar-refractivity contribution in [2.75, 3.05) is 11.6 Å². The van der Waals surface area contributed by atoms with E-state index >= 15 is 0 Å². The molecule has 0 heterocycles. The Hall–Kier alpha value is -2.44. The summed E-state index contributed by atoms with van der Waals surface area (Å²) >= 11 is 0. The first-order valence-electron chi connectivity index (χ1n) is 11.0. The lowest BCUT2D eigenvalue weighted by atomic mass is 9.82. The van der Waals surface area contributed by atoms with Crippen LogP contribution in [0.25, 0.3) is 11.1 Å². The lowest BCUT2D eigenvalue weighted by Crippen LogP contribution is -2.34. The molecule has 3 rings (SSSR count). The Balaban J connectivity index is 0.00000166. The normalized spacial score (nSPS) is 11.8. The highest BCUT2D eigenvalue weighted by molar-refractivity contribution is 7.15. The summed E-state index contributed by atoms with van der Waals surface area (Å²) in [6.07, 6.45) is 1.70. The van der Waals surface area contributed by atoms with E-state index in [-0.39, 0.29) is 17.2 Å². The van der Waals surface area contributed by atoms with Crippen LogP contribution in [0.4, 0.5) is 11.4 Å². The third kappa shape index (κ3) is 7.04. The number of hydrogen-bond donors (Lipinski definition) is 0. The van der Waals surface area contributed by atoms with Crippen molar-refractivity contribution in [2.45, 2.75) is 40.5 Å². The fourth-order valence-electron chi connectivity index (χ4n) is 3.74. The summed E-state index contributed by atoms with van der Waals surface area (Å²) in [7, 11) is 2.42. The average Bonchev–Trinajstić information content (AvgIpc) is 2.80.